The molecule has 0 aromatic rings. The van der Waals surface area contributed by atoms with Gasteiger partial charge in [-0.05, 0) is 110 Å². The number of carbonyl (C=O) groups is 2. The number of nitrogens with one attached hydrogen (secondary N) is 1. The molecular formula is C54H93NO10. The number of amides is 1. The lowest BCUT2D eigenvalue weighted by atomic mass is 9.99. The van der Waals surface area contributed by atoms with Crippen molar-refractivity contribution in [3.05, 3.63) is 72.9 Å². The highest BCUT2D eigenvalue weighted by atomic mass is 16.7. The van der Waals surface area contributed by atoms with E-state index >= 15 is 0 Å². The molecule has 1 rings (SSSR count). The summed E-state index contributed by atoms with van der Waals surface area (Å²) in [6, 6.07) is -0.856. The molecule has 0 spiro atoms. The molecule has 11 nitrogen and oxygen atoms in total. The van der Waals surface area contributed by atoms with Crippen molar-refractivity contribution in [1.82, 2.24) is 5.32 Å². The van der Waals surface area contributed by atoms with E-state index in [1.165, 1.54) is 64.2 Å². The van der Waals surface area contributed by atoms with Crippen LogP contribution >= 0.6 is 0 Å². The Kier molecular flexibility index (Phi) is 40.4. The average molecular weight is 916 g/mol. The third kappa shape index (κ3) is 34.1. The lowest BCUT2D eigenvalue weighted by molar-refractivity contribution is -0.302. The summed E-state index contributed by atoms with van der Waals surface area (Å²) in [5, 5.41) is 54.0. The van der Waals surface area contributed by atoms with Crippen LogP contribution in [0, 0.1) is 0 Å². The Hall–Kier alpha value is -2.90. The summed E-state index contributed by atoms with van der Waals surface area (Å²) in [7, 11) is 0. The summed E-state index contributed by atoms with van der Waals surface area (Å²) in [4.78, 5) is 25.0. The predicted molar refractivity (Wildman–Crippen MR) is 264 cm³/mol. The monoisotopic (exact) mass is 916 g/mol. The number of rotatable bonds is 42. The second kappa shape index (κ2) is 43.7. The first-order valence-corrected chi connectivity index (χ1v) is 25.7. The number of aliphatic hydroxyl groups excluding tert-OH is 5. The van der Waals surface area contributed by atoms with Crippen LogP contribution in [0.5, 0.6) is 0 Å². The second-order valence-corrected chi connectivity index (χ2v) is 17.5. The lowest BCUT2D eigenvalue weighted by Crippen LogP contribution is -2.60. The Morgan fingerprint density at radius 1 is 0.600 bits per heavy atom. The fourth-order valence-electron chi connectivity index (χ4n) is 7.44. The Morgan fingerprint density at radius 3 is 1.71 bits per heavy atom. The van der Waals surface area contributed by atoms with Crippen LogP contribution in [0.25, 0.3) is 0 Å². The third-order valence-corrected chi connectivity index (χ3v) is 11.6. The van der Waals surface area contributed by atoms with Crippen molar-refractivity contribution in [2.75, 3.05) is 19.8 Å². The van der Waals surface area contributed by atoms with Crippen molar-refractivity contribution in [2.24, 2.45) is 0 Å². The number of hydrogen-bond acceptors (Lipinski definition) is 10. The van der Waals surface area contributed by atoms with Gasteiger partial charge in [-0.1, -0.05) is 144 Å². The van der Waals surface area contributed by atoms with Crippen LogP contribution in [0.1, 0.15) is 194 Å². The van der Waals surface area contributed by atoms with Crippen molar-refractivity contribution in [2.45, 2.75) is 236 Å². The van der Waals surface area contributed by atoms with Crippen LogP contribution < -0.4 is 5.32 Å². The average Bonchev–Trinajstić information content (AvgIpc) is 3.30. The third-order valence-electron chi connectivity index (χ3n) is 11.6. The zero-order valence-electron chi connectivity index (χ0n) is 40.7. The molecule has 374 valence electrons. The van der Waals surface area contributed by atoms with Crippen molar-refractivity contribution in [3.8, 4) is 0 Å². The normalized spacial score (nSPS) is 20.4. The van der Waals surface area contributed by atoms with Crippen molar-refractivity contribution >= 4 is 11.9 Å². The van der Waals surface area contributed by atoms with E-state index in [0.717, 1.165) is 89.9 Å². The molecule has 0 bridgehead atoms. The second-order valence-electron chi connectivity index (χ2n) is 17.5. The van der Waals surface area contributed by atoms with Gasteiger partial charge in [0.1, 0.15) is 24.4 Å². The molecule has 0 aromatic heterocycles. The van der Waals surface area contributed by atoms with Crippen molar-refractivity contribution in [1.29, 1.82) is 0 Å². The van der Waals surface area contributed by atoms with Crippen LogP contribution in [0.2, 0.25) is 0 Å². The maximum atomic E-state index is 12.9. The molecule has 1 saturated heterocycles. The van der Waals surface area contributed by atoms with Crippen LogP contribution in [0.15, 0.2) is 72.9 Å². The Labute approximate surface area is 394 Å². The predicted octanol–water partition coefficient (Wildman–Crippen LogP) is 10.5. The quantitative estimate of drug-likeness (QED) is 0.0196. The summed E-state index contributed by atoms with van der Waals surface area (Å²) in [5.74, 6) is -0.301. The molecule has 7 unspecified atom stereocenters. The molecule has 1 aliphatic heterocycles. The highest BCUT2D eigenvalue weighted by molar-refractivity contribution is 5.76. The van der Waals surface area contributed by atoms with Crippen LogP contribution in [0.3, 0.4) is 0 Å². The van der Waals surface area contributed by atoms with Gasteiger partial charge in [-0.3, -0.25) is 9.59 Å². The lowest BCUT2D eigenvalue weighted by Gasteiger charge is -2.40. The summed E-state index contributed by atoms with van der Waals surface area (Å²) < 4.78 is 16.6. The molecule has 1 heterocycles. The van der Waals surface area contributed by atoms with Crippen molar-refractivity contribution in [3.63, 3.8) is 0 Å². The Balaban J connectivity index is 2.15. The number of allylic oxidation sites excluding steroid dienone is 11. The van der Waals surface area contributed by atoms with Gasteiger partial charge in [-0.2, -0.15) is 0 Å². The number of hydrogen-bond donors (Lipinski definition) is 6. The molecule has 1 amide bonds. The van der Waals surface area contributed by atoms with E-state index in [4.69, 9.17) is 14.2 Å². The van der Waals surface area contributed by atoms with Crippen LogP contribution in [-0.2, 0) is 23.8 Å². The summed E-state index contributed by atoms with van der Waals surface area (Å²) in [5.41, 5.74) is 0. The van der Waals surface area contributed by atoms with Gasteiger partial charge in [0.15, 0.2) is 6.29 Å². The molecule has 65 heavy (non-hydrogen) atoms. The fraction of sp³-hybridized carbons (Fsp3) is 0.741. The van der Waals surface area contributed by atoms with Crippen LogP contribution in [0.4, 0.5) is 0 Å². The summed E-state index contributed by atoms with van der Waals surface area (Å²) >= 11 is 0. The van der Waals surface area contributed by atoms with E-state index < -0.39 is 49.5 Å². The van der Waals surface area contributed by atoms with Gasteiger partial charge in [0.25, 0.3) is 0 Å². The zero-order chi connectivity index (χ0) is 47.4. The molecule has 6 N–H and O–H groups in total. The molecule has 11 heteroatoms. The molecule has 1 fully saturated rings. The van der Waals surface area contributed by atoms with Gasteiger partial charge in [-0.25, -0.2) is 0 Å². The standard InChI is InChI=1S/C54H93NO10/c1-3-5-7-9-11-13-14-15-16-17-18-19-22-26-30-34-38-42-50(59)63-43-39-35-31-27-23-20-21-25-29-33-37-41-49(58)55-46(47(57)40-36-32-28-24-12-10-8-6-4-2)45-64-54-53(62)52(61)51(60)48(44-56)65-54/h4,6,11-13,15-16,23-24,27,36,40,46-48,51-54,56-57,60-62H,3,5,7-10,14,17-22,25-26,28-35,37-39,41-45H2,1-2H3,(H,55,58)/b6-4+,13-11-,16-15-,24-12+,27-23-,40-36+. The molecule has 0 saturated carbocycles. The van der Waals surface area contributed by atoms with Gasteiger partial charge in [-0.15, -0.1) is 0 Å². The molecule has 1 aliphatic rings. The summed E-state index contributed by atoms with van der Waals surface area (Å²) in [6.07, 6.45) is 45.8. The summed E-state index contributed by atoms with van der Waals surface area (Å²) in [6.45, 7) is 3.92. The van der Waals surface area contributed by atoms with Gasteiger partial charge >= 0.3 is 5.97 Å². The first-order valence-electron chi connectivity index (χ1n) is 25.7. The zero-order valence-corrected chi connectivity index (χ0v) is 40.7. The maximum absolute atomic E-state index is 12.9. The van der Waals surface area contributed by atoms with Gasteiger partial charge in [0, 0.05) is 12.8 Å². The van der Waals surface area contributed by atoms with Gasteiger partial charge in [0.2, 0.25) is 5.91 Å². The number of esters is 1. The van der Waals surface area contributed by atoms with E-state index in [0.29, 0.717) is 25.9 Å². The fourth-order valence-corrected chi connectivity index (χ4v) is 7.44. The molecule has 0 aliphatic carbocycles. The SMILES string of the molecule is C/C=C/CC/C=C/CC/C=C/C(O)C(COC1OC(CO)C(O)C(O)C1O)NC(=O)CCCCCCC/C=C\CCCCOC(=O)CCCCCCCCC/C=C\C/C=C\CCCCC. The van der Waals surface area contributed by atoms with Crippen LogP contribution in [-0.4, -0.2) is 100 Å². The highest BCUT2D eigenvalue weighted by Crippen LogP contribution is 2.22. The first-order chi connectivity index (χ1) is 31.7. The van der Waals surface area contributed by atoms with Crippen molar-refractivity contribution < 1.29 is 49.3 Å². The topological polar surface area (TPSA) is 175 Å². The molecule has 0 aromatic carbocycles. The number of aliphatic hydroxyl groups is 5. The molecule has 7 atom stereocenters. The van der Waals surface area contributed by atoms with E-state index in [1.54, 1.807) is 6.08 Å². The molecular weight excluding hydrogens is 823 g/mol. The minimum Gasteiger partial charge on any atom is -0.466 e. The van der Waals surface area contributed by atoms with Gasteiger partial charge in [0.05, 0.1) is 32.0 Å². The minimum absolute atomic E-state index is 0.0691. The minimum atomic E-state index is -1.59. The molecule has 0 radical (unpaired) electrons. The highest BCUT2D eigenvalue weighted by Gasteiger charge is 2.44. The van der Waals surface area contributed by atoms with E-state index in [9.17, 15) is 35.1 Å². The Morgan fingerprint density at radius 2 is 1.11 bits per heavy atom. The first kappa shape index (κ1) is 60.1. The largest absolute Gasteiger partial charge is 0.466 e. The number of ether oxygens (including phenoxy) is 3. The Bertz CT molecular complexity index is 1310. The smallest absolute Gasteiger partial charge is 0.305 e. The van der Waals surface area contributed by atoms with E-state index in [-0.39, 0.29) is 24.9 Å². The maximum Gasteiger partial charge on any atom is 0.305 e. The van der Waals surface area contributed by atoms with Gasteiger partial charge < -0.3 is 45.1 Å². The number of unbranched alkanes of at least 4 members (excludes halogenated alkanes) is 19. The van der Waals surface area contributed by atoms with E-state index in [2.05, 4.69) is 66.9 Å². The number of carbonyl (C=O) groups excluding carboxylic acids is 2. The van der Waals surface area contributed by atoms with E-state index in [1.807, 2.05) is 19.1 Å².